The third-order valence-electron chi connectivity index (χ3n) is 9.42. The zero-order valence-electron chi connectivity index (χ0n) is 23.1. The Labute approximate surface area is 264 Å². The molecule has 4 aliphatic rings. The van der Waals surface area contributed by atoms with Crippen LogP contribution in [0.15, 0.2) is 84.4 Å². The Balaban J connectivity index is 1.37. The second-order valence-corrected chi connectivity index (χ2v) is 12.9. The molecule has 1 saturated carbocycles. The summed E-state index contributed by atoms with van der Waals surface area (Å²) in [5.74, 6) is -7.23. The molecule has 0 bridgehead atoms. The summed E-state index contributed by atoms with van der Waals surface area (Å²) in [5, 5.41) is 21.4. The molecule has 6 atom stereocenters. The zero-order valence-corrected chi connectivity index (χ0v) is 24.6. The van der Waals surface area contributed by atoms with Gasteiger partial charge in [0.15, 0.2) is 9.75 Å². The number of phenolic OH excluding ortho intramolecular Hbond substituents is 1. The summed E-state index contributed by atoms with van der Waals surface area (Å²) in [6.45, 7) is 0. The predicted molar refractivity (Wildman–Crippen MR) is 160 cm³/mol. The monoisotopic (exact) mass is 649 g/mol. The number of hydrogen-bond donors (Lipinski definition) is 1. The van der Waals surface area contributed by atoms with E-state index in [1.165, 1.54) is 42.5 Å². The predicted octanol–water partition coefficient (Wildman–Crippen LogP) is 5.21. The van der Waals surface area contributed by atoms with Gasteiger partial charge in [-0.15, -0.1) is 23.2 Å². The van der Waals surface area contributed by atoms with E-state index in [9.17, 15) is 38.8 Å². The first-order valence-corrected chi connectivity index (χ1v) is 14.8. The van der Waals surface area contributed by atoms with Crippen molar-refractivity contribution in [3.05, 3.63) is 106 Å². The number of fused-ring (bicyclic) bond motifs is 4. The van der Waals surface area contributed by atoms with E-state index < -0.39 is 67.8 Å². The summed E-state index contributed by atoms with van der Waals surface area (Å²) in [4.78, 5) is 64.7. The van der Waals surface area contributed by atoms with Crippen LogP contribution in [0, 0.1) is 33.7 Å². The van der Waals surface area contributed by atoms with Crippen LogP contribution < -0.4 is 9.80 Å². The lowest BCUT2D eigenvalue weighted by atomic mass is 9.56. The minimum atomic E-state index is -2.10. The summed E-state index contributed by atoms with van der Waals surface area (Å²) in [7, 11) is 0. The first-order chi connectivity index (χ1) is 21.4. The minimum Gasteiger partial charge on any atom is -0.508 e. The van der Waals surface area contributed by atoms with Gasteiger partial charge in [-0.1, -0.05) is 29.8 Å². The molecule has 2 aliphatic heterocycles. The van der Waals surface area contributed by atoms with Gasteiger partial charge in [-0.2, -0.15) is 0 Å². The number of nitrogens with zero attached hydrogens (tertiary/aromatic N) is 3. The number of nitro groups is 1. The van der Waals surface area contributed by atoms with Gasteiger partial charge >= 0.3 is 0 Å². The fraction of sp³-hybridized carbons (Fsp3) is 0.250. The lowest BCUT2D eigenvalue weighted by Gasteiger charge is -2.50. The van der Waals surface area contributed by atoms with E-state index in [4.69, 9.17) is 23.2 Å². The van der Waals surface area contributed by atoms with E-state index in [0.717, 1.165) is 28.0 Å². The van der Waals surface area contributed by atoms with Crippen molar-refractivity contribution in [2.45, 2.75) is 28.5 Å². The molecule has 4 amide bonds. The maximum absolute atomic E-state index is 14.3. The molecule has 228 valence electrons. The molecule has 3 aromatic carbocycles. The molecule has 10 nitrogen and oxygen atoms in total. The Hall–Kier alpha value is -4.61. The number of rotatable bonds is 4. The van der Waals surface area contributed by atoms with Crippen molar-refractivity contribution in [3.63, 3.8) is 0 Å². The molecular formula is C32H22Cl2FN3O7. The van der Waals surface area contributed by atoms with Crippen molar-refractivity contribution < 1.29 is 33.6 Å². The van der Waals surface area contributed by atoms with Gasteiger partial charge in [0.2, 0.25) is 11.8 Å². The Morgan fingerprint density at radius 1 is 0.867 bits per heavy atom. The summed E-state index contributed by atoms with van der Waals surface area (Å²) < 4.78 is 13.8. The SMILES string of the molecule is O=C1C2CC=C3C(CC4(Cl)C(=O)N(c5ccc(F)cc5)C(=O)C4(Cl)C3c3ccc(O)cc3)C2C(=O)N1c1cccc([N+](=O)[O-])c1. The molecule has 2 saturated heterocycles. The molecule has 3 aromatic rings. The molecule has 0 spiro atoms. The number of non-ortho nitro benzene ring substituents is 1. The van der Waals surface area contributed by atoms with Crippen molar-refractivity contribution in [1.29, 1.82) is 0 Å². The van der Waals surface area contributed by atoms with Crippen molar-refractivity contribution >= 4 is 63.9 Å². The van der Waals surface area contributed by atoms with Crippen LogP contribution in [0.4, 0.5) is 21.5 Å². The number of benzene rings is 3. The first kappa shape index (κ1) is 29.1. The van der Waals surface area contributed by atoms with Gasteiger partial charge in [-0.25, -0.2) is 14.2 Å². The number of anilines is 2. The number of amides is 4. The minimum absolute atomic E-state index is 0.0444. The Morgan fingerprint density at radius 3 is 2.22 bits per heavy atom. The second kappa shape index (κ2) is 9.95. The Morgan fingerprint density at radius 2 is 1.56 bits per heavy atom. The average molecular weight is 650 g/mol. The highest BCUT2D eigenvalue weighted by Crippen LogP contribution is 2.66. The third-order valence-corrected chi connectivity index (χ3v) is 10.8. The molecule has 0 aromatic heterocycles. The number of aromatic hydroxyl groups is 1. The van der Waals surface area contributed by atoms with Gasteiger partial charge in [0.05, 0.1) is 28.1 Å². The zero-order chi connectivity index (χ0) is 32.0. The van der Waals surface area contributed by atoms with Gasteiger partial charge in [0, 0.05) is 18.1 Å². The smallest absolute Gasteiger partial charge is 0.271 e. The van der Waals surface area contributed by atoms with Crippen LogP contribution in [-0.2, 0) is 19.2 Å². The molecular weight excluding hydrogens is 628 g/mol. The van der Waals surface area contributed by atoms with Crippen molar-refractivity contribution in [2.24, 2.45) is 17.8 Å². The van der Waals surface area contributed by atoms with E-state index in [1.54, 1.807) is 18.2 Å². The molecule has 13 heteroatoms. The van der Waals surface area contributed by atoms with E-state index in [0.29, 0.717) is 11.1 Å². The van der Waals surface area contributed by atoms with Gasteiger partial charge in [-0.3, -0.25) is 29.3 Å². The van der Waals surface area contributed by atoms with E-state index in [2.05, 4.69) is 0 Å². The average Bonchev–Trinajstić information content (AvgIpc) is 3.36. The van der Waals surface area contributed by atoms with E-state index in [1.807, 2.05) is 0 Å². The number of imide groups is 2. The molecule has 2 heterocycles. The largest absolute Gasteiger partial charge is 0.508 e. The summed E-state index contributed by atoms with van der Waals surface area (Å²) in [6, 6.07) is 15.8. The van der Waals surface area contributed by atoms with Crippen molar-refractivity contribution in [2.75, 3.05) is 9.80 Å². The molecule has 6 unspecified atom stereocenters. The van der Waals surface area contributed by atoms with Crippen LogP contribution in [0.5, 0.6) is 5.75 Å². The number of phenols is 1. The summed E-state index contributed by atoms with van der Waals surface area (Å²) in [6.07, 6.45) is 1.58. The van der Waals surface area contributed by atoms with Crippen molar-refractivity contribution in [1.82, 2.24) is 0 Å². The van der Waals surface area contributed by atoms with Crippen LogP contribution in [0.3, 0.4) is 0 Å². The molecule has 7 rings (SSSR count). The molecule has 45 heavy (non-hydrogen) atoms. The maximum atomic E-state index is 14.3. The maximum Gasteiger partial charge on any atom is 0.271 e. The normalized spacial score (nSPS) is 30.6. The lowest BCUT2D eigenvalue weighted by molar-refractivity contribution is -0.384. The number of nitro benzene ring substituents is 1. The van der Waals surface area contributed by atoms with Crippen LogP contribution in [-0.4, -0.2) is 43.4 Å². The number of alkyl halides is 2. The number of carbonyl (C=O) groups excluding carboxylic acids is 4. The van der Waals surface area contributed by atoms with Crippen LogP contribution in [0.2, 0.25) is 0 Å². The fourth-order valence-corrected chi connectivity index (χ4v) is 8.37. The Bertz CT molecular complexity index is 1870. The first-order valence-electron chi connectivity index (χ1n) is 14.0. The topological polar surface area (TPSA) is 138 Å². The highest BCUT2D eigenvalue weighted by molar-refractivity contribution is 6.58. The standard InChI is InChI=1S/C32H22Cl2FN3O7/c33-31-15-24-22(12-13-23-25(24)28(41)36(27(23)40)19-2-1-3-20(14-19)38(44)45)26(16-4-10-21(39)11-5-16)32(31,34)30(43)37(29(31)42)18-8-6-17(35)7-9-18/h1-12,14,23-26,39H,13,15H2. The van der Waals surface area contributed by atoms with E-state index in [-0.39, 0.29) is 35.7 Å². The van der Waals surface area contributed by atoms with Gasteiger partial charge in [0.25, 0.3) is 17.5 Å². The lowest BCUT2D eigenvalue weighted by Crippen LogP contribution is -2.60. The summed E-state index contributed by atoms with van der Waals surface area (Å²) >= 11 is 14.6. The van der Waals surface area contributed by atoms with Gasteiger partial charge in [-0.05, 0) is 66.8 Å². The van der Waals surface area contributed by atoms with Crippen molar-refractivity contribution in [3.8, 4) is 5.75 Å². The quantitative estimate of drug-likeness (QED) is 0.135. The molecule has 1 N–H and O–H groups in total. The van der Waals surface area contributed by atoms with E-state index >= 15 is 0 Å². The highest BCUT2D eigenvalue weighted by Gasteiger charge is 2.76. The fourth-order valence-electron chi connectivity index (χ4n) is 7.44. The molecule has 0 radical (unpaired) electrons. The number of allylic oxidation sites excluding steroid dienone is 2. The number of carbonyl (C=O) groups is 4. The second-order valence-electron chi connectivity index (χ2n) is 11.6. The summed E-state index contributed by atoms with van der Waals surface area (Å²) in [5.41, 5.74) is 0.787. The third kappa shape index (κ3) is 3.93. The molecule has 2 aliphatic carbocycles. The highest BCUT2D eigenvalue weighted by atomic mass is 35.5. The number of hydrogen-bond acceptors (Lipinski definition) is 7. The van der Waals surface area contributed by atoms with Gasteiger partial charge in [0.1, 0.15) is 11.6 Å². The Kier molecular flexibility index (Phi) is 6.44. The van der Waals surface area contributed by atoms with Gasteiger partial charge < -0.3 is 5.11 Å². The molecule has 3 fully saturated rings. The van der Waals surface area contributed by atoms with Crippen LogP contribution in [0.1, 0.15) is 24.3 Å². The van der Waals surface area contributed by atoms with Crippen LogP contribution in [0.25, 0.3) is 0 Å². The number of halogens is 3. The van der Waals surface area contributed by atoms with Crippen LogP contribution >= 0.6 is 23.2 Å².